The van der Waals surface area contributed by atoms with Gasteiger partial charge in [0.1, 0.15) is 31.1 Å². The van der Waals surface area contributed by atoms with E-state index in [1.165, 1.54) is 122 Å². The van der Waals surface area contributed by atoms with Crippen LogP contribution in [0, 0.1) is 0 Å². The summed E-state index contributed by atoms with van der Waals surface area (Å²) in [6.45, 7) is 0.313. The minimum Gasteiger partial charge on any atom is -0.506 e. The van der Waals surface area contributed by atoms with Crippen molar-refractivity contribution in [2.45, 2.75) is 31.7 Å². The number of hydrazine groups is 2. The number of rotatable bonds is 30. The van der Waals surface area contributed by atoms with Crippen LogP contribution in [0.2, 0.25) is 20.1 Å². The standard InChI is InChI=1S/C68H58Br4Cl4N16O19S8/c69-45-21-33(22-46(70)59(45)93)31-79-87-61(95)57(85-51-15-9-39(73)25-49(51)75)63(97)89-91-67(114)83-43-13-7-37(55(29-43)118(105,106)107)3-1-35-5-11-41(27-53(35)116(99,100)101)81-65(112)77-17-19-111-20-18-78-66(113)82-42-12-6-36(54(28-42)117(102,103)104)2-4-38-8-14-44(30-56(38)119(108,109)110)84-68(115)92-90-64(98)58(86-52-16-10-40(74)26-50(52)76)62(96)88-80-32-34-23-47(71)60(94)48(72)24-34/h1-16,21-32,57-58,85-86,93-94H,17-20H2,(H,87,95)(H,88,96)(H,89,97)(H,90,98)(H2,77,81,112)(H2,78,82,113)(H2,83,91,114)(H2,84,92,115)(H,99,100,101)(H,102,103,104)(H,105,106,107)(H,108,109,110)/b3-1+,4-2+,79-31+,80-32+. The molecular weight excluding hydrogens is 2060 g/mol. The van der Waals surface area contributed by atoms with E-state index in [4.69, 9.17) is 100 Å². The summed E-state index contributed by atoms with van der Waals surface area (Å²) in [5.74, 6) is -4.24. The number of hydrogen-bond donors (Lipinski definition) is 20. The zero-order valence-corrected chi connectivity index (χ0v) is 75.2. The normalized spacial score (nSPS) is 12.3. The van der Waals surface area contributed by atoms with Gasteiger partial charge in [0.05, 0.1) is 65.0 Å². The van der Waals surface area contributed by atoms with Crippen LogP contribution in [0.3, 0.4) is 0 Å². The highest BCUT2D eigenvalue weighted by atomic mass is 79.9. The number of anilines is 6. The average molecular weight is 2120 g/mol. The Balaban J connectivity index is 0.795. The minimum atomic E-state index is -5.03. The number of aromatic hydroxyl groups is 2. The van der Waals surface area contributed by atoms with Crippen molar-refractivity contribution in [2.75, 3.05) is 58.2 Å². The first-order valence-corrected chi connectivity index (χ1v) is 44.7. The van der Waals surface area contributed by atoms with Gasteiger partial charge >= 0.3 is 0 Å². The van der Waals surface area contributed by atoms with Crippen LogP contribution >= 0.6 is 159 Å². The molecule has 0 spiro atoms. The first kappa shape index (κ1) is 95.6. The molecule has 0 aromatic heterocycles. The summed E-state index contributed by atoms with van der Waals surface area (Å²) in [6, 6.07) is 25.2. The lowest BCUT2D eigenvalue weighted by Gasteiger charge is -2.20. The van der Waals surface area contributed by atoms with Crippen molar-refractivity contribution in [2.24, 2.45) is 10.2 Å². The number of thiocarbonyl (C=S) groups is 4. The monoisotopic (exact) mass is 2110 g/mol. The maximum absolute atomic E-state index is 13.6. The van der Waals surface area contributed by atoms with Gasteiger partial charge in [0.25, 0.3) is 64.1 Å². The Labute approximate surface area is 752 Å². The molecule has 35 nitrogen and oxygen atoms in total. The third kappa shape index (κ3) is 29.2. The van der Waals surface area contributed by atoms with Crippen LogP contribution in [0.4, 0.5) is 34.1 Å². The van der Waals surface area contributed by atoms with E-state index in [1.807, 2.05) is 0 Å². The van der Waals surface area contributed by atoms with Gasteiger partial charge in [0.15, 0.2) is 32.5 Å². The summed E-state index contributed by atoms with van der Waals surface area (Å²) in [5.41, 5.74) is 14.2. The summed E-state index contributed by atoms with van der Waals surface area (Å²) in [6.07, 6.45) is 7.00. The average Bonchev–Trinajstić information content (AvgIpc) is 0.802. The van der Waals surface area contributed by atoms with Crippen molar-refractivity contribution in [3.05, 3.63) is 205 Å². The van der Waals surface area contributed by atoms with Gasteiger partial charge in [0, 0.05) is 45.9 Å². The van der Waals surface area contributed by atoms with Crippen molar-refractivity contribution in [1.82, 2.24) is 43.2 Å². The highest BCUT2D eigenvalue weighted by molar-refractivity contribution is 9.11. The zero-order chi connectivity index (χ0) is 87.4. The van der Waals surface area contributed by atoms with E-state index >= 15 is 0 Å². The van der Waals surface area contributed by atoms with Crippen molar-refractivity contribution in [3.8, 4) is 11.5 Å². The first-order chi connectivity index (χ1) is 55.9. The molecule has 8 aromatic carbocycles. The summed E-state index contributed by atoms with van der Waals surface area (Å²) < 4.78 is 150. The fraction of sp³-hybridized carbons (Fsp3) is 0.0882. The fourth-order valence-corrected chi connectivity index (χ4v) is 16.7. The third-order valence-corrected chi connectivity index (χ3v) is 23.2. The molecule has 0 heterocycles. The number of amides is 4. The number of hydrogen-bond acceptors (Lipinski definition) is 23. The Kier molecular flexibility index (Phi) is 34.6. The molecule has 0 aliphatic heterocycles. The van der Waals surface area contributed by atoms with Gasteiger partial charge in [-0.05, 0) is 255 Å². The Hall–Kier alpha value is -8.90. The van der Waals surface area contributed by atoms with Crippen molar-refractivity contribution in [1.29, 1.82) is 0 Å². The highest BCUT2D eigenvalue weighted by Crippen LogP contribution is 2.36. The Bertz CT molecular complexity index is 5580. The third-order valence-electron chi connectivity index (χ3n) is 15.1. The van der Waals surface area contributed by atoms with Crippen LogP contribution in [-0.2, 0) is 64.4 Å². The molecule has 0 saturated carbocycles. The number of halogens is 8. The fourth-order valence-electron chi connectivity index (χ4n) is 9.70. The van der Waals surface area contributed by atoms with E-state index in [1.54, 1.807) is 0 Å². The second-order valence-corrected chi connectivity index (χ2v) is 35.9. The molecule has 0 saturated heterocycles. The van der Waals surface area contributed by atoms with Gasteiger partial charge in [0.2, 0.25) is 0 Å². The quantitative estimate of drug-likeness (QED) is 0.00378. The summed E-state index contributed by atoms with van der Waals surface area (Å²) in [5, 5.41) is 49.6. The molecule has 0 aliphatic carbocycles. The molecule has 51 heteroatoms. The Morgan fingerprint density at radius 2 is 0.689 bits per heavy atom. The number of carbonyl (C=O) groups is 4. The molecule has 0 bridgehead atoms. The van der Waals surface area contributed by atoms with Gasteiger partial charge < -0.3 is 57.5 Å². The first-order valence-electron chi connectivity index (χ1n) is 32.6. The molecule has 2 atom stereocenters. The molecule has 4 amide bonds. The Morgan fingerprint density at radius 1 is 0.403 bits per heavy atom. The molecule has 20 N–H and O–H groups in total. The smallest absolute Gasteiger partial charge is 0.295 e. The largest absolute Gasteiger partial charge is 0.506 e. The predicted octanol–water partition coefficient (Wildman–Crippen LogP) is 11.3. The van der Waals surface area contributed by atoms with Crippen molar-refractivity contribution < 1.29 is 86.0 Å². The SMILES string of the molecule is O=C(N/N=C/c1cc(Br)c(O)c(Br)c1)C(Nc1ccc(Cl)cc1Cl)C(=O)NNC(=S)Nc1ccc(/C=C/c2ccc(NC(=S)NCCOCCNC(=S)Nc3ccc(/C=C/c4ccc(NC(=S)NNC(=O)C(Nc5ccc(Cl)cc5Cl)C(=O)N/N=C/c5cc(Br)c(O)c(Br)c5)cc4S(=O)(=O)O)c(S(=O)(=O)O)c3)cc2S(=O)(=O)O)c(S(=O)(=O)O)c1. The van der Waals surface area contributed by atoms with Gasteiger partial charge in [-0.2, -0.15) is 43.9 Å². The topological polar surface area (TPSA) is 529 Å². The van der Waals surface area contributed by atoms with Crippen LogP contribution in [0.5, 0.6) is 11.5 Å². The molecule has 8 aromatic rings. The summed E-state index contributed by atoms with van der Waals surface area (Å²) >= 11 is 58.8. The molecule has 8 rings (SSSR count). The molecule has 0 radical (unpaired) electrons. The van der Waals surface area contributed by atoms with Gasteiger partial charge in [-0.15, -0.1) is 0 Å². The van der Waals surface area contributed by atoms with Crippen LogP contribution in [0.25, 0.3) is 24.3 Å². The molecule has 2 unspecified atom stereocenters. The lowest BCUT2D eigenvalue weighted by atomic mass is 10.1. The number of hydrazone groups is 2. The van der Waals surface area contributed by atoms with Crippen LogP contribution < -0.4 is 75.1 Å². The zero-order valence-electron chi connectivity index (χ0n) is 59.3. The van der Waals surface area contributed by atoms with E-state index in [-0.39, 0.29) is 135 Å². The number of phenols is 2. The number of phenolic OH excluding ortho intramolecular Hbond substituents is 2. The molecule has 0 aliphatic rings. The van der Waals surface area contributed by atoms with Crippen LogP contribution in [0.1, 0.15) is 33.4 Å². The number of carbonyl (C=O) groups excluding carboxylic acids is 4. The van der Waals surface area contributed by atoms with Gasteiger partial charge in [-0.25, -0.2) is 10.9 Å². The molecular formula is C68H58Br4Cl4N16O19S8. The van der Waals surface area contributed by atoms with Crippen molar-refractivity contribution >= 4 is 314 Å². The van der Waals surface area contributed by atoms with E-state index in [0.29, 0.717) is 29.0 Å². The lowest BCUT2D eigenvalue weighted by Crippen LogP contribution is -2.54. The summed E-state index contributed by atoms with van der Waals surface area (Å²) in [7, 11) is -20.0. The number of nitrogens with one attached hydrogen (secondary N) is 14. The van der Waals surface area contributed by atoms with E-state index in [2.05, 4.69) is 149 Å². The van der Waals surface area contributed by atoms with Crippen LogP contribution in [-0.4, -0.2) is 157 Å². The highest BCUT2D eigenvalue weighted by Gasteiger charge is 2.31. The number of nitrogens with zero attached hydrogens (tertiary/aromatic N) is 2. The maximum atomic E-state index is 13.6. The van der Waals surface area contributed by atoms with E-state index in [9.17, 15) is 81.3 Å². The second kappa shape index (κ2) is 43.0. The van der Waals surface area contributed by atoms with Gasteiger partial charge in [-0.3, -0.25) is 59.1 Å². The number of benzene rings is 8. The van der Waals surface area contributed by atoms with Crippen molar-refractivity contribution in [3.63, 3.8) is 0 Å². The second-order valence-electron chi connectivity index (χ2n) is 23.6. The van der Waals surface area contributed by atoms with E-state index < -0.39 is 95.8 Å². The number of ether oxygens (including phenoxy) is 1. The molecule has 0 fully saturated rings. The summed E-state index contributed by atoms with van der Waals surface area (Å²) in [4.78, 5) is 51.2. The molecule has 628 valence electrons. The lowest BCUT2D eigenvalue weighted by molar-refractivity contribution is -0.132. The Morgan fingerprint density at radius 3 is 0.966 bits per heavy atom. The molecule has 119 heavy (non-hydrogen) atoms. The van der Waals surface area contributed by atoms with E-state index in [0.717, 1.165) is 48.6 Å². The van der Waals surface area contributed by atoms with Crippen LogP contribution in [0.15, 0.2) is 181 Å². The van der Waals surface area contributed by atoms with Gasteiger partial charge in [-0.1, -0.05) is 95.0 Å². The minimum absolute atomic E-state index is 0.0161. The predicted molar refractivity (Wildman–Crippen MR) is 483 cm³/mol. The maximum Gasteiger partial charge on any atom is 0.295 e.